The summed E-state index contributed by atoms with van der Waals surface area (Å²) in [6, 6.07) is 2.52. The predicted octanol–water partition coefficient (Wildman–Crippen LogP) is 2.87. The molecule has 0 fully saturated rings. The largest absolute Gasteiger partial charge is 0.478 e. The first-order chi connectivity index (χ1) is 10.5. The third-order valence-corrected chi connectivity index (χ3v) is 3.55. The van der Waals surface area contributed by atoms with E-state index in [0.717, 1.165) is 29.7 Å². The molecular weight excluding hydrogens is 315 g/mol. The quantitative estimate of drug-likeness (QED) is 0.940. The van der Waals surface area contributed by atoms with E-state index in [-0.39, 0.29) is 5.39 Å². The lowest BCUT2D eigenvalue weighted by molar-refractivity contribution is -0.136. The number of ketones is 1. The number of halogens is 3. The minimum absolute atomic E-state index is 0.0788. The van der Waals surface area contributed by atoms with Gasteiger partial charge in [-0.1, -0.05) is 0 Å². The van der Waals surface area contributed by atoms with Crippen molar-refractivity contribution in [3.63, 3.8) is 0 Å². The molecule has 1 heterocycles. The van der Waals surface area contributed by atoms with Gasteiger partial charge in [0.1, 0.15) is 0 Å². The summed E-state index contributed by atoms with van der Waals surface area (Å²) in [4.78, 5) is 34.6. The van der Waals surface area contributed by atoms with Crippen LogP contribution in [-0.4, -0.2) is 21.4 Å². The van der Waals surface area contributed by atoms with Crippen LogP contribution in [0.1, 0.15) is 35.8 Å². The van der Waals surface area contributed by atoms with Gasteiger partial charge in [-0.3, -0.25) is 14.2 Å². The first kappa shape index (κ1) is 16.7. The molecule has 2 aromatic rings. The zero-order valence-electron chi connectivity index (χ0n) is 12.1. The molecule has 0 amide bonds. The fraction of sp³-hybridized carbons (Fsp3) is 0.267. The number of rotatable bonds is 3. The van der Waals surface area contributed by atoms with Crippen molar-refractivity contribution in [2.75, 3.05) is 0 Å². The molecule has 0 aliphatic rings. The molecule has 5 nitrogen and oxygen atoms in total. The number of aromatic nitrogens is 1. The molecule has 2 rings (SSSR count). The van der Waals surface area contributed by atoms with E-state index in [0.29, 0.717) is 6.07 Å². The molecule has 0 radical (unpaired) electrons. The van der Waals surface area contributed by atoms with Gasteiger partial charge >= 0.3 is 12.1 Å². The summed E-state index contributed by atoms with van der Waals surface area (Å²) < 4.78 is 40.8. The molecule has 0 saturated heterocycles. The van der Waals surface area contributed by atoms with E-state index in [1.807, 2.05) is 0 Å². The highest BCUT2D eigenvalue weighted by atomic mass is 19.4. The van der Waals surface area contributed by atoms with Crippen LogP contribution in [-0.2, 0) is 11.0 Å². The molecule has 1 atom stereocenters. The van der Waals surface area contributed by atoms with Crippen molar-refractivity contribution in [3.8, 4) is 0 Å². The van der Waals surface area contributed by atoms with Crippen LogP contribution in [0.25, 0.3) is 10.9 Å². The summed E-state index contributed by atoms with van der Waals surface area (Å²) in [5.74, 6) is -2.01. The Morgan fingerprint density at radius 1 is 1.22 bits per heavy atom. The molecule has 0 saturated carbocycles. The lowest BCUT2D eigenvalue weighted by Gasteiger charge is -2.19. The Morgan fingerprint density at radius 2 is 1.83 bits per heavy atom. The number of hydrogen-bond donors (Lipinski definition) is 1. The van der Waals surface area contributed by atoms with Gasteiger partial charge in [0.05, 0.1) is 22.7 Å². The van der Waals surface area contributed by atoms with E-state index in [4.69, 9.17) is 5.11 Å². The highest BCUT2D eigenvalue weighted by molar-refractivity contribution is 5.95. The molecule has 1 aromatic heterocycles. The van der Waals surface area contributed by atoms with Crippen LogP contribution in [0, 0.1) is 0 Å². The summed E-state index contributed by atoms with van der Waals surface area (Å²) in [6.45, 7) is 2.48. The third kappa shape index (κ3) is 2.96. The number of carboxylic acid groups (broad SMARTS) is 1. The summed E-state index contributed by atoms with van der Waals surface area (Å²) in [6.07, 6.45) is -4.88. The minimum atomic E-state index is -4.88. The highest BCUT2D eigenvalue weighted by Crippen LogP contribution is 2.36. The van der Waals surface area contributed by atoms with Crippen molar-refractivity contribution in [1.29, 1.82) is 0 Å². The molecule has 1 unspecified atom stereocenters. The number of fused-ring (bicyclic) bond motifs is 1. The van der Waals surface area contributed by atoms with Crippen molar-refractivity contribution in [2.24, 2.45) is 0 Å². The number of carbonyl (C=O) groups excluding carboxylic acids is 1. The van der Waals surface area contributed by atoms with Gasteiger partial charge in [0.15, 0.2) is 5.78 Å². The Morgan fingerprint density at radius 3 is 2.30 bits per heavy atom. The number of hydrogen-bond acceptors (Lipinski definition) is 3. The van der Waals surface area contributed by atoms with Crippen LogP contribution < -0.4 is 5.56 Å². The zero-order chi connectivity index (χ0) is 17.5. The lowest BCUT2D eigenvalue weighted by atomic mass is 10.0. The average Bonchev–Trinajstić information content (AvgIpc) is 2.44. The van der Waals surface area contributed by atoms with Gasteiger partial charge in [0, 0.05) is 6.07 Å². The van der Waals surface area contributed by atoms with Crippen molar-refractivity contribution in [1.82, 2.24) is 4.57 Å². The van der Waals surface area contributed by atoms with Gasteiger partial charge in [-0.15, -0.1) is 0 Å². The number of carbonyl (C=O) groups is 2. The average molecular weight is 327 g/mol. The smallest absolute Gasteiger partial charge is 0.418 e. The second-order valence-corrected chi connectivity index (χ2v) is 5.09. The number of carboxylic acids is 1. The number of nitrogens with zero attached hydrogens (tertiary/aromatic N) is 1. The maximum atomic E-state index is 13.3. The van der Waals surface area contributed by atoms with Crippen LogP contribution in [0.5, 0.6) is 0 Å². The van der Waals surface area contributed by atoms with Crippen LogP contribution in [0.4, 0.5) is 13.2 Å². The van der Waals surface area contributed by atoms with Gasteiger partial charge in [-0.05, 0) is 37.4 Å². The van der Waals surface area contributed by atoms with E-state index >= 15 is 0 Å². The second-order valence-electron chi connectivity index (χ2n) is 5.09. The van der Waals surface area contributed by atoms with Crippen molar-refractivity contribution >= 4 is 22.7 Å². The molecule has 23 heavy (non-hydrogen) atoms. The van der Waals surface area contributed by atoms with Crippen LogP contribution in [0.3, 0.4) is 0 Å². The Bertz CT molecular complexity index is 867. The standard InChI is InChI=1S/C15H12F3NO4/c1-7(8(2)20)19-12(21)4-3-9-5-10(14(22)23)6-11(13(9)19)15(16,17)18/h3-7H,1-2H3,(H,22,23). The van der Waals surface area contributed by atoms with E-state index in [1.165, 1.54) is 6.92 Å². The summed E-state index contributed by atoms with van der Waals surface area (Å²) >= 11 is 0. The molecule has 8 heteroatoms. The molecule has 0 bridgehead atoms. The molecule has 1 aromatic carbocycles. The SMILES string of the molecule is CC(=O)C(C)n1c(=O)ccc2cc(C(=O)O)cc(C(F)(F)F)c21. The maximum absolute atomic E-state index is 13.3. The van der Waals surface area contributed by atoms with E-state index in [2.05, 4.69) is 0 Å². The fourth-order valence-corrected chi connectivity index (χ4v) is 2.31. The topological polar surface area (TPSA) is 76.4 Å². The number of pyridine rings is 1. The monoisotopic (exact) mass is 327 g/mol. The molecule has 0 aliphatic heterocycles. The van der Waals surface area contributed by atoms with Crippen molar-refractivity contribution in [2.45, 2.75) is 26.1 Å². The van der Waals surface area contributed by atoms with Crippen LogP contribution in [0.15, 0.2) is 29.1 Å². The molecular formula is C15H12F3NO4. The number of aromatic carboxylic acids is 1. The Hall–Kier alpha value is -2.64. The first-order valence-corrected chi connectivity index (χ1v) is 6.54. The van der Waals surface area contributed by atoms with Gasteiger partial charge in [0.2, 0.25) is 0 Å². The Kier molecular flexibility index (Phi) is 4.02. The molecule has 0 aliphatic carbocycles. The minimum Gasteiger partial charge on any atom is -0.478 e. The third-order valence-electron chi connectivity index (χ3n) is 3.55. The number of Topliss-reactive ketones (excluding diaryl/α,β-unsaturated/α-hetero) is 1. The molecule has 1 N–H and O–H groups in total. The number of alkyl halides is 3. The summed E-state index contributed by atoms with van der Waals surface area (Å²) in [5.41, 5.74) is -3.09. The van der Waals surface area contributed by atoms with Crippen LogP contribution in [0.2, 0.25) is 0 Å². The fourth-order valence-electron chi connectivity index (χ4n) is 2.31. The normalized spacial score (nSPS) is 13.1. The van der Waals surface area contributed by atoms with Crippen LogP contribution >= 0.6 is 0 Å². The predicted molar refractivity (Wildman–Crippen MR) is 75.6 cm³/mol. The first-order valence-electron chi connectivity index (χ1n) is 6.54. The Balaban J connectivity index is 3.03. The second kappa shape index (κ2) is 5.53. The highest BCUT2D eigenvalue weighted by Gasteiger charge is 2.35. The summed E-state index contributed by atoms with van der Waals surface area (Å²) in [7, 11) is 0. The number of benzene rings is 1. The lowest BCUT2D eigenvalue weighted by Crippen LogP contribution is -2.28. The molecule has 122 valence electrons. The van der Waals surface area contributed by atoms with Gasteiger partial charge in [-0.2, -0.15) is 13.2 Å². The Labute approximate surface area is 128 Å². The zero-order valence-corrected chi connectivity index (χ0v) is 12.1. The van der Waals surface area contributed by atoms with Gasteiger partial charge < -0.3 is 5.11 Å². The maximum Gasteiger partial charge on any atom is 0.418 e. The van der Waals surface area contributed by atoms with E-state index < -0.39 is 46.2 Å². The van der Waals surface area contributed by atoms with E-state index in [9.17, 15) is 27.6 Å². The molecule has 0 spiro atoms. The van der Waals surface area contributed by atoms with Gasteiger partial charge in [-0.25, -0.2) is 4.79 Å². The van der Waals surface area contributed by atoms with Crippen molar-refractivity contribution in [3.05, 3.63) is 45.7 Å². The summed E-state index contributed by atoms with van der Waals surface area (Å²) in [5, 5.41) is 8.89. The van der Waals surface area contributed by atoms with Crippen molar-refractivity contribution < 1.29 is 27.9 Å². The van der Waals surface area contributed by atoms with Gasteiger partial charge in [0.25, 0.3) is 5.56 Å². The van der Waals surface area contributed by atoms with E-state index in [1.54, 1.807) is 0 Å².